The van der Waals surface area contributed by atoms with E-state index < -0.39 is 0 Å². The summed E-state index contributed by atoms with van der Waals surface area (Å²) in [6.07, 6.45) is 12.1. The Bertz CT molecular complexity index is 715. The maximum Gasteiger partial charge on any atom is 0.0897 e. The van der Waals surface area contributed by atoms with Crippen LogP contribution in [0.5, 0.6) is 0 Å². The molecule has 1 unspecified atom stereocenters. The molecule has 3 aliphatic rings. The Morgan fingerprint density at radius 2 is 2.04 bits per heavy atom. The lowest BCUT2D eigenvalue weighted by Gasteiger charge is -2.47. The van der Waals surface area contributed by atoms with E-state index >= 15 is 0 Å². The predicted molar refractivity (Wildman–Crippen MR) is 106 cm³/mol. The summed E-state index contributed by atoms with van der Waals surface area (Å²) in [7, 11) is 0. The first kappa shape index (κ1) is 17.8. The summed E-state index contributed by atoms with van der Waals surface area (Å²) >= 11 is 0. The molecule has 1 aliphatic carbocycles. The molecule has 140 valence electrons. The zero-order valence-electron chi connectivity index (χ0n) is 16.1. The molecule has 2 heterocycles. The number of rotatable bonds is 2. The summed E-state index contributed by atoms with van der Waals surface area (Å²) < 4.78 is 6.42. The van der Waals surface area contributed by atoms with E-state index in [4.69, 9.17) is 4.74 Å². The Morgan fingerprint density at radius 3 is 2.73 bits per heavy atom. The van der Waals surface area contributed by atoms with Gasteiger partial charge in [0.1, 0.15) is 0 Å². The van der Waals surface area contributed by atoms with Crippen molar-refractivity contribution < 1.29 is 9.84 Å². The zero-order valence-corrected chi connectivity index (χ0v) is 16.1. The van der Waals surface area contributed by atoms with E-state index in [2.05, 4.69) is 68.6 Å². The van der Waals surface area contributed by atoms with Crippen LogP contribution in [0.4, 0.5) is 5.69 Å². The van der Waals surface area contributed by atoms with E-state index in [9.17, 15) is 5.11 Å². The largest absolute Gasteiger partial charge is 0.394 e. The molecule has 1 aromatic rings. The van der Waals surface area contributed by atoms with Gasteiger partial charge in [-0.15, -0.1) is 0 Å². The molecule has 0 radical (unpaired) electrons. The van der Waals surface area contributed by atoms with Gasteiger partial charge in [0.05, 0.1) is 18.8 Å². The second kappa shape index (κ2) is 6.86. The molecule has 2 aliphatic heterocycles. The third-order valence-corrected chi connectivity index (χ3v) is 6.24. The summed E-state index contributed by atoms with van der Waals surface area (Å²) in [5, 5.41) is 13.5. The quantitative estimate of drug-likeness (QED) is 0.807. The molecule has 5 atom stereocenters. The molecule has 2 N–H and O–H groups in total. The van der Waals surface area contributed by atoms with Gasteiger partial charge in [0, 0.05) is 29.1 Å². The van der Waals surface area contributed by atoms with E-state index in [1.807, 2.05) is 0 Å². The molecule has 1 fully saturated rings. The highest BCUT2D eigenvalue weighted by molar-refractivity contribution is 5.58. The zero-order chi connectivity index (χ0) is 18.3. The van der Waals surface area contributed by atoms with E-state index in [0.717, 1.165) is 19.3 Å². The number of allylic oxidation sites excluding steroid dienone is 3. The molecular formula is C23H31NO2. The first-order chi connectivity index (χ1) is 12.5. The average molecular weight is 354 g/mol. The lowest BCUT2D eigenvalue weighted by atomic mass is 9.72. The van der Waals surface area contributed by atoms with Gasteiger partial charge in [0.15, 0.2) is 0 Å². The van der Waals surface area contributed by atoms with Crippen LogP contribution in [0, 0.1) is 11.8 Å². The smallest absolute Gasteiger partial charge is 0.0897 e. The van der Waals surface area contributed by atoms with Crippen LogP contribution in [0.1, 0.15) is 57.3 Å². The Morgan fingerprint density at radius 1 is 1.19 bits per heavy atom. The first-order valence-electron chi connectivity index (χ1n) is 9.98. The van der Waals surface area contributed by atoms with Crippen LogP contribution in [0.15, 0.2) is 42.5 Å². The Kier molecular flexibility index (Phi) is 4.70. The minimum absolute atomic E-state index is 0.0389. The normalized spacial score (nSPS) is 33.3. The Hall–Kier alpha value is -1.58. The molecule has 1 aromatic carbocycles. The summed E-state index contributed by atoms with van der Waals surface area (Å²) in [5.41, 5.74) is 3.92. The number of ether oxygens (including phenoxy) is 1. The van der Waals surface area contributed by atoms with Crippen LogP contribution in [0.25, 0.3) is 0 Å². The number of hydrogen-bond acceptors (Lipinski definition) is 3. The number of fused-ring (bicyclic) bond motifs is 3. The van der Waals surface area contributed by atoms with E-state index in [-0.39, 0.29) is 24.2 Å². The number of hydrogen-bond donors (Lipinski definition) is 2. The maximum absolute atomic E-state index is 9.67. The van der Waals surface area contributed by atoms with Crippen molar-refractivity contribution in [3.05, 3.63) is 53.6 Å². The van der Waals surface area contributed by atoms with Crippen molar-refractivity contribution in [3.8, 4) is 0 Å². The van der Waals surface area contributed by atoms with Crippen molar-refractivity contribution in [1.82, 2.24) is 0 Å². The van der Waals surface area contributed by atoms with Crippen molar-refractivity contribution >= 4 is 5.69 Å². The molecule has 0 spiro atoms. The van der Waals surface area contributed by atoms with Crippen molar-refractivity contribution in [2.24, 2.45) is 11.8 Å². The van der Waals surface area contributed by atoms with Crippen molar-refractivity contribution in [3.63, 3.8) is 0 Å². The van der Waals surface area contributed by atoms with Gasteiger partial charge in [-0.25, -0.2) is 0 Å². The SMILES string of the molecule is CC(C)(C)c1ccc2c(c1)[C@H]1O[C@H](CO)CC[C@H]1[C@H](C1C=CC=CC1)N2. The summed E-state index contributed by atoms with van der Waals surface area (Å²) in [5.74, 6) is 0.943. The molecule has 0 saturated carbocycles. The molecule has 3 nitrogen and oxygen atoms in total. The summed E-state index contributed by atoms with van der Waals surface area (Å²) in [6.45, 7) is 6.87. The van der Waals surface area contributed by atoms with Gasteiger partial charge < -0.3 is 15.2 Å². The van der Waals surface area contributed by atoms with Crippen LogP contribution >= 0.6 is 0 Å². The fraction of sp³-hybridized carbons (Fsp3) is 0.565. The van der Waals surface area contributed by atoms with Crippen LogP contribution in [-0.4, -0.2) is 23.9 Å². The van der Waals surface area contributed by atoms with Crippen molar-refractivity contribution in [1.29, 1.82) is 0 Å². The Labute approximate surface area is 157 Å². The number of benzene rings is 1. The molecular weight excluding hydrogens is 322 g/mol. The lowest BCUT2D eigenvalue weighted by Crippen LogP contribution is -2.47. The fourth-order valence-electron chi connectivity index (χ4n) is 4.69. The molecule has 26 heavy (non-hydrogen) atoms. The van der Waals surface area contributed by atoms with Gasteiger partial charge in [-0.05, 0) is 36.3 Å². The predicted octanol–water partition coefficient (Wildman–Crippen LogP) is 4.74. The second-order valence-electron chi connectivity index (χ2n) is 9.04. The van der Waals surface area contributed by atoms with Crippen LogP contribution < -0.4 is 5.32 Å². The highest BCUT2D eigenvalue weighted by Gasteiger charge is 2.44. The minimum Gasteiger partial charge on any atom is -0.394 e. The van der Waals surface area contributed by atoms with Gasteiger partial charge in [0.25, 0.3) is 0 Å². The molecule has 0 bridgehead atoms. The number of aliphatic hydroxyl groups is 1. The van der Waals surface area contributed by atoms with Gasteiger partial charge in [-0.1, -0.05) is 57.2 Å². The van der Waals surface area contributed by atoms with Gasteiger partial charge >= 0.3 is 0 Å². The van der Waals surface area contributed by atoms with Crippen molar-refractivity contribution in [2.75, 3.05) is 11.9 Å². The van der Waals surface area contributed by atoms with Crippen LogP contribution in [0.2, 0.25) is 0 Å². The average Bonchev–Trinajstić information content (AvgIpc) is 2.66. The van der Waals surface area contributed by atoms with Crippen LogP contribution in [-0.2, 0) is 10.2 Å². The highest BCUT2D eigenvalue weighted by Crippen LogP contribution is 2.48. The van der Waals surface area contributed by atoms with Gasteiger partial charge in [-0.2, -0.15) is 0 Å². The summed E-state index contributed by atoms with van der Waals surface area (Å²) in [6, 6.07) is 7.18. The monoisotopic (exact) mass is 353 g/mol. The van der Waals surface area contributed by atoms with Gasteiger partial charge in [0.2, 0.25) is 0 Å². The number of aliphatic hydroxyl groups excluding tert-OH is 1. The topological polar surface area (TPSA) is 41.5 Å². The third kappa shape index (κ3) is 3.23. The number of nitrogens with one attached hydrogen (secondary N) is 1. The molecule has 4 rings (SSSR count). The van der Waals surface area contributed by atoms with E-state index in [0.29, 0.717) is 17.9 Å². The van der Waals surface area contributed by atoms with Crippen molar-refractivity contribution in [2.45, 2.75) is 63.7 Å². The first-order valence-corrected chi connectivity index (χ1v) is 9.98. The van der Waals surface area contributed by atoms with E-state index in [1.165, 1.54) is 16.8 Å². The van der Waals surface area contributed by atoms with Gasteiger partial charge in [-0.3, -0.25) is 0 Å². The number of anilines is 1. The van der Waals surface area contributed by atoms with E-state index in [1.54, 1.807) is 0 Å². The third-order valence-electron chi connectivity index (χ3n) is 6.24. The standard InChI is InChI=1S/C23H31NO2/c1-23(2,3)16-9-12-20-19(13-16)22-18(11-10-17(14-25)26-22)21(24-20)15-7-5-4-6-8-15/h4-7,9,12-13,15,17-18,21-22,24-25H,8,10-11,14H2,1-3H3/t15?,17-,18-,21-,22-/m0/s1. The molecule has 0 amide bonds. The van der Waals surface area contributed by atoms with Crippen LogP contribution in [0.3, 0.4) is 0 Å². The summed E-state index contributed by atoms with van der Waals surface area (Å²) in [4.78, 5) is 0. The Balaban J connectivity index is 1.72. The second-order valence-corrected chi connectivity index (χ2v) is 9.04. The molecule has 0 aromatic heterocycles. The molecule has 1 saturated heterocycles. The molecule has 3 heteroatoms. The minimum atomic E-state index is -0.0389. The maximum atomic E-state index is 9.67. The highest BCUT2D eigenvalue weighted by atomic mass is 16.5. The lowest BCUT2D eigenvalue weighted by molar-refractivity contribution is -0.112. The fourth-order valence-corrected chi connectivity index (χ4v) is 4.69.